The molecule has 1 heterocycles. The summed E-state index contributed by atoms with van der Waals surface area (Å²) in [4.78, 5) is 24.5. The van der Waals surface area contributed by atoms with Crippen LogP contribution >= 0.6 is 11.6 Å². The Morgan fingerprint density at radius 3 is 2.78 bits per heavy atom. The van der Waals surface area contributed by atoms with Crippen LogP contribution in [0.4, 0.5) is 5.69 Å². The number of rotatable bonds is 6. The fourth-order valence-corrected chi connectivity index (χ4v) is 1.91. The maximum absolute atomic E-state index is 11.9. The van der Waals surface area contributed by atoms with Gasteiger partial charge in [0.1, 0.15) is 5.69 Å². The quantitative estimate of drug-likeness (QED) is 0.474. The Morgan fingerprint density at radius 1 is 1.67 bits per heavy atom. The molecule has 7 heteroatoms. The minimum atomic E-state index is -0.551. The molecule has 1 aromatic heterocycles. The lowest BCUT2D eigenvalue weighted by molar-refractivity contribution is -0.384. The second-order valence-electron chi connectivity index (χ2n) is 4.34. The highest BCUT2D eigenvalue weighted by molar-refractivity contribution is 6.17. The lowest BCUT2D eigenvalue weighted by Gasteiger charge is -2.28. The standard InChI is InChI=1S/C11H16ClN3O3/c1-3-11(2,4-5-12)14-10(16)9-6-8(7-13-9)15(17)18/h6-7,13H,3-5H2,1-2H3,(H,14,16). The Hall–Kier alpha value is -1.56. The summed E-state index contributed by atoms with van der Waals surface area (Å²) in [5, 5.41) is 13.4. The number of H-pyrrole nitrogens is 1. The molecule has 1 amide bonds. The van der Waals surface area contributed by atoms with Crippen LogP contribution in [0.25, 0.3) is 0 Å². The van der Waals surface area contributed by atoms with Crippen molar-refractivity contribution >= 4 is 23.2 Å². The number of carbonyl (C=O) groups excluding carboxylic acids is 1. The smallest absolute Gasteiger partial charge is 0.287 e. The number of hydrogen-bond donors (Lipinski definition) is 2. The number of carbonyl (C=O) groups is 1. The third-order valence-corrected chi connectivity index (χ3v) is 3.15. The van der Waals surface area contributed by atoms with E-state index < -0.39 is 10.5 Å². The van der Waals surface area contributed by atoms with Gasteiger partial charge in [-0.2, -0.15) is 0 Å². The van der Waals surface area contributed by atoms with Crippen molar-refractivity contribution in [1.82, 2.24) is 10.3 Å². The molecule has 1 atom stereocenters. The van der Waals surface area contributed by atoms with Gasteiger partial charge in [0.15, 0.2) is 0 Å². The predicted molar refractivity (Wildman–Crippen MR) is 68.9 cm³/mol. The number of hydrogen-bond acceptors (Lipinski definition) is 3. The summed E-state index contributed by atoms with van der Waals surface area (Å²) >= 11 is 5.69. The zero-order valence-corrected chi connectivity index (χ0v) is 11.1. The van der Waals surface area contributed by atoms with Crippen LogP contribution in [0.1, 0.15) is 37.2 Å². The van der Waals surface area contributed by atoms with Crippen LogP contribution < -0.4 is 5.32 Å². The van der Waals surface area contributed by atoms with Crippen molar-refractivity contribution in [2.75, 3.05) is 5.88 Å². The zero-order valence-electron chi connectivity index (χ0n) is 10.3. The molecule has 1 unspecified atom stereocenters. The van der Waals surface area contributed by atoms with Crippen molar-refractivity contribution in [2.24, 2.45) is 0 Å². The van der Waals surface area contributed by atoms with Crippen molar-refractivity contribution in [3.05, 3.63) is 28.1 Å². The van der Waals surface area contributed by atoms with E-state index >= 15 is 0 Å². The van der Waals surface area contributed by atoms with Gasteiger partial charge in [0.25, 0.3) is 11.6 Å². The van der Waals surface area contributed by atoms with E-state index in [0.717, 1.165) is 6.42 Å². The molecule has 2 N–H and O–H groups in total. The number of halogens is 1. The number of aromatic nitrogens is 1. The van der Waals surface area contributed by atoms with Crippen LogP contribution in [0.2, 0.25) is 0 Å². The lowest BCUT2D eigenvalue weighted by atomic mass is 9.95. The molecule has 100 valence electrons. The minimum absolute atomic E-state index is 0.129. The molecule has 0 aliphatic rings. The second-order valence-corrected chi connectivity index (χ2v) is 4.71. The molecule has 0 spiro atoms. The SMILES string of the molecule is CCC(C)(CCCl)NC(=O)c1cc([N+](=O)[O-])c[nH]1. The largest absolute Gasteiger partial charge is 0.351 e. The van der Waals surface area contributed by atoms with Crippen molar-refractivity contribution in [3.63, 3.8) is 0 Å². The second kappa shape index (κ2) is 5.86. The topological polar surface area (TPSA) is 88.0 Å². The van der Waals surface area contributed by atoms with Crippen molar-refractivity contribution in [1.29, 1.82) is 0 Å². The van der Waals surface area contributed by atoms with Crippen LogP contribution in [0, 0.1) is 10.1 Å². The third-order valence-electron chi connectivity index (χ3n) is 2.97. The maximum atomic E-state index is 11.9. The lowest BCUT2D eigenvalue weighted by Crippen LogP contribution is -2.45. The summed E-state index contributed by atoms with van der Waals surface area (Å²) in [6.07, 6.45) is 2.56. The van der Waals surface area contributed by atoms with E-state index in [0.29, 0.717) is 12.3 Å². The summed E-state index contributed by atoms with van der Waals surface area (Å²) in [5.41, 5.74) is -0.356. The Bertz CT molecular complexity index is 446. The Labute approximate surface area is 110 Å². The fourth-order valence-electron chi connectivity index (χ4n) is 1.50. The number of alkyl halides is 1. The fraction of sp³-hybridized carbons (Fsp3) is 0.545. The zero-order chi connectivity index (χ0) is 13.8. The Morgan fingerprint density at radius 2 is 2.33 bits per heavy atom. The predicted octanol–water partition coefficient (Wildman–Crippen LogP) is 2.45. The van der Waals surface area contributed by atoms with Gasteiger partial charge in [-0.05, 0) is 19.8 Å². The van der Waals surface area contributed by atoms with Crippen LogP contribution in [0.15, 0.2) is 12.3 Å². The number of nitrogens with zero attached hydrogens (tertiary/aromatic N) is 1. The Kier molecular flexibility index (Phi) is 4.72. The monoisotopic (exact) mass is 273 g/mol. The first-order valence-corrected chi connectivity index (χ1v) is 6.16. The van der Waals surface area contributed by atoms with Crippen molar-refractivity contribution in [2.45, 2.75) is 32.2 Å². The summed E-state index contributed by atoms with van der Waals surface area (Å²) in [7, 11) is 0. The minimum Gasteiger partial charge on any atom is -0.351 e. The molecule has 1 aromatic rings. The van der Waals surface area contributed by atoms with E-state index in [1.54, 1.807) is 0 Å². The van der Waals surface area contributed by atoms with E-state index in [4.69, 9.17) is 11.6 Å². The first-order chi connectivity index (χ1) is 8.41. The van der Waals surface area contributed by atoms with E-state index in [1.165, 1.54) is 12.3 Å². The van der Waals surface area contributed by atoms with Gasteiger partial charge < -0.3 is 10.3 Å². The average molecular weight is 274 g/mol. The van der Waals surface area contributed by atoms with Crippen LogP contribution in [0.3, 0.4) is 0 Å². The van der Waals surface area contributed by atoms with E-state index in [1.807, 2.05) is 13.8 Å². The third kappa shape index (κ3) is 3.46. The van der Waals surface area contributed by atoms with Gasteiger partial charge in [-0.3, -0.25) is 14.9 Å². The summed E-state index contributed by atoms with van der Waals surface area (Å²) in [6, 6.07) is 1.21. The van der Waals surface area contributed by atoms with Gasteiger partial charge >= 0.3 is 0 Å². The van der Waals surface area contributed by atoms with Gasteiger partial charge in [-0.15, -0.1) is 11.6 Å². The molecule has 0 aromatic carbocycles. The highest BCUT2D eigenvalue weighted by Crippen LogP contribution is 2.17. The van der Waals surface area contributed by atoms with Crippen molar-refractivity contribution in [3.8, 4) is 0 Å². The van der Waals surface area contributed by atoms with Crippen molar-refractivity contribution < 1.29 is 9.72 Å². The van der Waals surface area contributed by atoms with E-state index in [9.17, 15) is 14.9 Å². The van der Waals surface area contributed by atoms with Gasteiger partial charge in [-0.1, -0.05) is 6.92 Å². The number of nitro groups is 1. The maximum Gasteiger partial charge on any atom is 0.287 e. The molecule has 18 heavy (non-hydrogen) atoms. The van der Waals surface area contributed by atoms with Crippen LogP contribution in [0.5, 0.6) is 0 Å². The molecule has 0 radical (unpaired) electrons. The highest BCUT2D eigenvalue weighted by Gasteiger charge is 2.25. The molecule has 0 saturated carbocycles. The number of aromatic amines is 1. The molecule has 0 fully saturated rings. The summed E-state index contributed by atoms with van der Waals surface area (Å²) in [6.45, 7) is 3.84. The molecule has 0 aliphatic heterocycles. The molecule has 0 bridgehead atoms. The molecule has 0 aliphatic carbocycles. The van der Waals surface area contributed by atoms with Crippen LogP contribution in [-0.2, 0) is 0 Å². The van der Waals surface area contributed by atoms with Gasteiger partial charge in [0, 0.05) is 17.5 Å². The first-order valence-electron chi connectivity index (χ1n) is 5.63. The van der Waals surface area contributed by atoms with Gasteiger partial charge in [-0.25, -0.2) is 0 Å². The normalized spacial score (nSPS) is 13.9. The van der Waals surface area contributed by atoms with E-state index in [-0.39, 0.29) is 17.3 Å². The molecule has 0 saturated heterocycles. The Balaban J connectivity index is 2.77. The summed E-state index contributed by atoms with van der Waals surface area (Å²) in [5.74, 6) is 0.0766. The number of nitrogens with one attached hydrogen (secondary N) is 2. The van der Waals surface area contributed by atoms with Gasteiger partial charge in [0.2, 0.25) is 0 Å². The highest BCUT2D eigenvalue weighted by atomic mass is 35.5. The average Bonchev–Trinajstić information content (AvgIpc) is 2.78. The first kappa shape index (κ1) is 14.5. The summed E-state index contributed by atoms with van der Waals surface area (Å²) < 4.78 is 0. The number of amides is 1. The van der Waals surface area contributed by atoms with Gasteiger partial charge in [0.05, 0.1) is 11.1 Å². The van der Waals surface area contributed by atoms with E-state index in [2.05, 4.69) is 10.3 Å². The molecule has 1 rings (SSSR count). The molecular formula is C11H16ClN3O3. The molecular weight excluding hydrogens is 258 g/mol. The molecule has 6 nitrogen and oxygen atoms in total. The van der Waals surface area contributed by atoms with Crippen LogP contribution in [-0.4, -0.2) is 27.2 Å².